The van der Waals surface area contributed by atoms with Crippen LogP contribution in [-0.2, 0) is 26.2 Å². The fraction of sp³-hybridized carbons (Fsp3) is 0.0800. The maximum atomic E-state index is 5.27. The molecule has 0 atom stereocenters. The number of halogens is 2. The van der Waals surface area contributed by atoms with Gasteiger partial charge in [-0.3, -0.25) is 19.9 Å². The van der Waals surface area contributed by atoms with Crippen molar-refractivity contribution in [3.05, 3.63) is 116 Å². The van der Waals surface area contributed by atoms with Crippen molar-refractivity contribution >= 4 is 0 Å². The van der Waals surface area contributed by atoms with Gasteiger partial charge in [0.25, 0.3) is 0 Å². The zero-order chi connectivity index (χ0) is 22.3. The van der Waals surface area contributed by atoms with Crippen LogP contribution in [0.3, 0.4) is 0 Å². The summed E-state index contributed by atoms with van der Waals surface area (Å²) in [6.45, 7) is 0.683. The van der Waals surface area contributed by atoms with Gasteiger partial charge in [-0.05, 0) is 55.1 Å². The van der Waals surface area contributed by atoms with Crippen LogP contribution >= 0.6 is 0 Å². The second-order valence-electron chi connectivity index (χ2n) is 6.48. The van der Waals surface area contributed by atoms with E-state index in [9.17, 15) is 0 Å². The van der Waals surface area contributed by atoms with E-state index in [-0.39, 0.29) is 44.6 Å². The molecule has 0 bridgehead atoms. The summed E-state index contributed by atoms with van der Waals surface area (Å²) in [5.41, 5.74) is 10.0. The molecule has 0 aromatic carbocycles. The molecule has 182 valence electrons. The first kappa shape index (κ1) is 32.0. The summed E-state index contributed by atoms with van der Waals surface area (Å²) in [6, 6.07) is 23.2. The smallest absolute Gasteiger partial charge is 1.00 e. The molecule has 0 radical (unpaired) electrons. The molecular formula is C25H25Cl2N7Os. The molecule has 35 heavy (non-hydrogen) atoms. The van der Waals surface area contributed by atoms with Crippen LogP contribution < -0.4 is 30.5 Å². The summed E-state index contributed by atoms with van der Waals surface area (Å²) >= 11 is 0. The molecule has 0 aliphatic carbocycles. The van der Waals surface area contributed by atoms with Gasteiger partial charge in [0.1, 0.15) is 0 Å². The van der Waals surface area contributed by atoms with Crippen LogP contribution in [0.5, 0.6) is 0 Å². The normalized spacial score (nSPS) is 8.83. The minimum atomic E-state index is 0. The topological polar surface area (TPSA) is 106 Å². The van der Waals surface area contributed by atoms with Crippen LogP contribution in [0.1, 0.15) is 5.69 Å². The molecule has 0 unspecified atom stereocenters. The van der Waals surface area contributed by atoms with E-state index in [0.29, 0.717) is 6.54 Å². The number of hydrogen-bond acceptors (Lipinski definition) is 6. The first-order valence-corrected chi connectivity index (χ1v) is 10.2. The molecule has 7 nitrogen and oxygen atoms in total. The molecule has 0 fully saturated rings. The number of aromatic amines is 1. The zero-order valence-corrected chi connectivity index (χ0v) is 22.8. The van der Waals surface area contributed by atoms with Crippen molar-refractivity contribution in [1.29, 1.82) is 0 Å². The van der Waals surface area contributed by atoms with Gasteiger partial charge in [0.15, 0.2) is 0 Å². The van der Waals surface area contributed by atoms with Crippen molar-refractivity contribution in [2.45, 2.75) is 6.42 Å². The van der Waals surface area contributed by atoms with Crippen LogP contribution in [0.2, 0.25) is 0 Å². The number of nitrogens with zero attached hydrogens (tertiary/aromatic N) is 5. The fourth-order valence-electron chi connectivity index (χ4n) is 2.63. The molecule has 5 aromatic rings. The van der Waals surface area contributed by atoms with Crippen molar-refractivity contribution in [3.8, 4) is 22.8 Å². The van der Waals surface area contributed by atoms with Crippen LogP contribution in [0, 0.1) is 0 Å². The molecule has 5 rings (SSSR count). The Labute approximate surface area is 231 Å². The quantitative estimate of drug-likeness (QED) is 0.232. The van der Waals surface area contributed by atoms with Gasteiger partial charge in [-0.25, -0.2) is 4.98 Å². The van der Waals surface area contributed by atoms with Crippen molar-refractivity contribution in [2.24, 2.45) is 5.73 Å². The fourth-order valence-corrected chi connectivity index (χ4v) is 2.63. The number of pyridine rings is 4. The van der Waals surface area contributed by atoms with Crippen LogP contribution in [0.15, 0.2) is 110 Å². The van der Waals surface area contributed by atoms with Gasteiger partial charge in [0, 0.05) is 43.1 Å². The number of nitrogens with one attached hydrogen (secondary N) is 1. The van der Waals surface area contributed by atoms with Crippen LogP contribution in [0.4, 0.5) is 0 Å². The summed E-state index contributed by atoms with van der Waals surface area (Å²) in [4.78, 5) is 23.5. The summed E-state index contributed by atoms with van der Waals surface area (Å²) in [5.74, 6) is 0. The third kappa shape index (κ3) is 11.8. The van der Waals surface area contributed by atoms with E-state index in [4.69, 9.17) is 5.73 Å². The van der Waals surface area contributed by atoms with Gasteiger partial charge >= 0.3 is 19.8 Å². The number of aromatic nitrogens is 6. The summed E-state index contributed by atoms with van der Waals surface area (Å²) in [7, 11) is 0. The molecule has 5 heterocycles. The number of imidazole rings is 1. The van der Waals surface area contributed by atoms with Gasteiger partial charge in [-0.15, -0.1) is 0 Å². The van der Waals surface area contributed by atoms with E-state index in [1.807, 2.05) is 72.8 Å². The Kier molecular flexibility index (Phi) is 17.6. The van der Waals surface area contributed by atoms with Crippen LogP contribution in [-0.4, -0.2) is 36.4 Å². The van der Waals surface area contributed by atoms with E-state index in [1.165, 1.54) is 0 Å². The molecule has 0 saturated heterocycles. The minimum absolute atomic E-state index is 0. The molecule has 0 aliphatic rings. The molecular weight excluding hydrogens is 659 g/mol. The average Bonchev–Trinajstić information content (AvgIpc) is 3.41. The maximum Gasteiger partial charge on any atom is 2.00 e. The van der Waals surface area contributed by atoms with Gasteiger partial charge in [0.2, 0.25) is 0 Å². The summed E-state index contributed by atoms with van der Waals surface area (Å²) in [6.07, 6.45) is 11.4. The second-order valence-corrected chi connectivity index (χ2v) is 6.48. The van der Waals surface area contributed by atoms with E-state index in [1.54, 1.807) is 37.3 Å². The molecule has 0 spiro atoms. The van der Waals surface area contributed by atoms with Crippen molar-refractivity contribution in [3.63, 3.8) is 0 Å². The number of nitrogens with two attached hydrogens (primary N) is 1. The van der Waals surface area contributed by atoms with Gasteiger partial charge < -0.3 is 35.5 Å². The summed E-state index contributed by atoms with van der Waals surface area (Å²) in [5, 5.41) is 0. The largest absolute Gasteiger partial charge is 2.00 e. The predicted octanol–water partition coefficient (Wildman–Crippen LogP) is -1.80. The Balaban J connectivity index is 0.000000485. The minimum Gasteiger partial charge on any atom is -1.00 e. The molecule has 3 N–H and O–H groups in total. The monoisotopic (exact) mass is 685 g/mol. The van der Waals surface area contributed by atoms with Crippen molar-refractivity contribution in [1.82, 2.24) is 29.9 Å². The average molecular weight is 685 g/mol. The Hall–Kier alpha value is -3.01. The Morgan fingerprint density at radius 1 is 0.600 bits per heavy atom. The maximum absolute atomic E-state index is 5.27. The molecule has 10 heteroatoms. The third-order valence-corrected chi connectivity index (χ3v) is 4.15. The first-order chi connectivity index (χ1) is 15.9. The standard InChI is InChI=1S/2C10H8N2.C5H9N3.2ClH.Os/c2*1-3-7-11-9(5-1)10-6-2-4-8-12-10;6-2-1-5-3-7-4-8-5;;;/h2*1-8H;3-4H,1-2,6H2,(H,7,8);2*1H;/q;;;;;+2/p-2. The van der Waals surface area contributed by atoms with Gasteiger partial charge in [0.05, 0.1) is 29.1 Å². The molecule has 0 aliphatic heterocycles. The zero-order valence-electron chi connectivity index (χ0n) is 18.7. The molecule has 0 amide bonds. The van der Waals surface area contributed by atoms with E-state index >= 15 is 0 Å². The Morgan fingerprint density at radius 2 is 0.971 bits per heavy atom. The first-order valence-electron chi connectivity index (χ1n) is 10.2. The SMILES string of the molecule is NCCc1cnc[nH]1.[Cl-].[Cl-].[Os+2].c1ccc(-c2ccccn2)nc1.c1ccc(-c2ccccn2)nc1. The molecule has 0 saturated carbocycles. The van der Waals surface area contributed by atoms with Gasteiger partial charge in [-0.2, -0.15) is 0 Å². The van der Waals surface area contributed by atoms with Crippen molar-refractivity contribution in [2.75, 3.05) is 6.54 Å². The third-order valence-electron chi connectivity index (χ3n) is 4.15. The summed E-state index contributed by atoms with van der Waals surface area (Å²) < 4.78 is 0. The predicted molar refractivity (Wildman–Crippen MR) is 126 cm³/mol. The van der Waals surface area contributed by atoms with E-state index in [2.05, 4.69) is 29.9 Å². The van der Waals surface area contributed by atoms with Crippen molar-refractivity contribution < 1.29 is 44.6 Å². The number of rotatable bonds is 4. The van der Waals surface area contributed by atoms with Gasteiger partial charge in [-0.1, -0.05) is 24.3 Å². The van der Waals surface area contributed by atoms with Crippen LogP contribution in [0.25, 0.3) is 22.8 Å². The van der Waals surface area contributed by atoms with E-state index in [0.717, 1.165) is 34.9 Å². The number of H-pyrrole nitrogens is 1. The molecule has 5 aromatic heterocycles. The second kappa shape index (κ2) is 19.3. The Morgan fingerprint density at radius 3 is 1.20 bits per heavy atom. The number of hydrogen-bond donors (Lipinski definition) is 2. The Bertz CT molecular complexity index is 970. The van der Waals surface area contributed by atoms with E-state index < -0.39 is 0 Å².